The van der Waals surface area contributed by atoms with E-state index in [0.29, 0.717) is 6.54 Å². The lowest BCUT2D eigenvalue weighted by atomic mass is 10.2. The Balaban J connectivity index is 1.56. The number of aliphatic imine (C=N–C) groups is 1. The molecule has 4 N–H and O–H groups in total. The molecule has 13 heteroatoms. The molecule has 0 amide bonds. The van der Waals surface area contributed by atoms with Gasteiger partial charge in [-0.15, -0.1) is 0 Å². The fourth-order valence-electron chi connectivity index (χ4n) is 4.29. The molecule has 11 nitrogen and oxygen atoms in total. The number of benzene rings is 3. The number of amidine groups is 2. The van der Waals surface area contributed by atoms with Gasteiger partial charge in [-0.05, 0) is 55.5 Å². The molecule has 0 bridgehead atoms. The van der Waals surface area contributed by atoms with Gasteiger partial charge in [0.1, 0.15) is 34.7 Å². The third kappa shape index (κ3) is 6.36. The number of nitrogens with one attached hydrogen (secondary N) is 1. The number of nitrogens with two attached hydrogens (primary N) is 1. The third-order valence-electron chi connectivity index (χ3n) is 6.38. The molecule has 0 fully saturated rings. The van der Waals surface area contributed by atoms with Crippen LogP contribution in [0.2, 0.25) is 0 Å². The van der Waals surface area contributed by atoms with Crippen LogP contribution in [0.5, 0.6) is 40.5 Å². The van der Waals surface area contributed by atoms with Crippen LogP contribution in [0.15, 0.2) is 71.7 Å². The highest BCUT2D eigenvalue weighted by Gasteiger charge is 2.27. The number of phenolic OH excluding ortho intramolecular Hbond substituents is 1. The number of esters is 1. The molecule has 0 saturated heterocycles. The summed E-state index contributed by atoms with van der Waals surface area (Å²) in [4.78, 5) is 22.6. The molecule has 1 aliphatic rings. The minimum absolute atomic E-state index is 0.0727. The lowest BCUT2D eigenvalue weighted by molar-refractivity contribution is 0.0526. The van der Waals surface area contributed by atoms with Crippen molar-refractivity contribution in [3.05, 3.63) is 95.1 Å². The van der Waals surface area contributed by atoms with Crippen molar-refractivity contribution in [2.75, 3.05) is 26.7 Å². The molecule has 4 aromatic rings. The average molecular weight is 604 g/mol. The number of hydrogen-bond donors (Lipinski definition) is 3. The number of nitrogens with zero attached hydrogens (tertiary/aromatic N) is 3. The summed E-state index contributed by atoms with van der Waals surface area (Å²) in [5, 5.41) is 17.6. The maximum absolute atomic E-state index is 15.9. The number of halogens is 2. The van der Waals surface area contributed by atoms with E-state index in [-0.39, 0.29) is 40.7 Å². The normalized spacial score (nSPS) is 12.5. The highest BCUT2D eigenvalue weighted by atomic mass is 19.1. The molecular formula is C31H27F2N5O6. The van der Waals surface area contributed by atoms with Crippen molar-refractivity contribution in [2.24, 2.45) is 10.7 Å². The number of pyridine rings is 1. The van der Waals surface area contributed by atoms with Gasteiger partial charge in [0.05, 0.1) is 24.3 Å². The van der Waals surface area contributed by atoms with Gasteiger partial charge in [-0.25, -0.2) is 4.79 Å². The summed E-state index contributed by atoms with van der Waals surface area (Å²) in [6.45, 7) is 3.15. The van der Waals surface area contributed by atoms with Crippen molar-refractivity contribution in [3.8, 4) is 40.5 Å². The minimum Gasteiger partial charge on any atom is -0.507 e. The van der Waals surface area contributed by atoms with Crippen LogP contribution >= 0.6 is 0 Å². The quantitative estimate of drug-likeness (QED) is 0.120. The molecule has 0 saturated carbocycles. The van der Waals surface area contributed by atoms with Crippen molar-refractivity contribution in [1.29, 1.82) is 5.41 Å². The first kappa shape index (κ1) is 29.8. The van der Waals surface area contributed by atoms with Crippen molar-refractivity contribution in [3.63, 3.8) is 0 Å². The Morgan fingerprint density at radius 3 is 2.27 bits per heavy atom. The van der Waals surface area contributed by atoms with Crippen LogP contribution in [-0.2, 0) is 4.74 Å². The summed E-state index contributed by atoms with van der Waals surface area (Å²) in [6, 6.07) is 15.9. The van der Waals surface area contributed by atoms with Crippen LogP contribution in [0.1, 0.15) is 28.4 Å². The summed E-state index contributed by atoms with van der Waals surface area (Å²) in [7, 11) is 1.89. The second-order valence-corrected chi connectivity index (χ2v) is 9.48. The number of likely N-dealkylation sites (N-methyl/N-ethyl adjacent to an activating group) is 1. The van der Waals surface area contributed by atoms with Crippen LogP contribution in [0.25, 0.3) is 0 Å². The summed E-state index contributed by atoms with van der Waals surface area (Å²) in [5.74, 6) is -5.62. The Bertz CT molecular complexity index is 1780. The molecule has 3 aromatic carbocycles. The number of aromatic nitrogens is 1. The summed E-state index contributed by atoms with van der Waals surface area (Å²) in [5.41, 5.74) is 6.25. The van der Waals surface area contributed by atoms with E-state index < -0.39 is 40.9 Å². The fourth-order valence-corrected chi connectivity index (χ4v) is 4.29. The van der Waals surface area contributed by atoms with E-state index in [9.17, 15) is 9.90 Å². The number of hydrogen-bond acceptors (Lipinski definition) is 10. The van der Waals surface area contributed by atoms with Gasteiger partial charge in [-0.1, -0.05) is 18.2 Å². The smallest absolute Gasteiger partial charge is 0.338 e. The standard InChI is InChI=1S/C31H27F2N5O6/c1-3-41-31(40)18-7-5-8-19(15-18)42-26-24(32)29(43-20-9-4-6-17(14-20)28-36-12-13-38(28)2)37-30(25(26)33)44-21-10-11-23(39)22(16-21)27(34)35/h4-11,14-16,39H,3,12-13H2,1-2H3,(H3,34,35). The number of rotatable bonds is 10. The first-order valence-electron chi connectivity index (χ1n) is 13.4. The SMILES string of the molecule is CCOC(=O)c1cccc(Oc2c(F)c(Oc3cccc(C4=NCCN4C)c3)nc(Oc3ccc(O)c(C(=N)N)c3)c2F)c1. The Morgan fingerprint density at radius 2 is 1.64 bits per heavy atom. The molecule has 0 spiro atoms. The van der Waals surface area contributed by atoms with E-state index in [1.165, 1.54) is 42.5 Å². The van der Waals surface area contributed by atoms with Crippen LogP contribution in [0.4, 0.5) is 8.78 Å². The molecule has 0 unspecified atom stereocenters. The van der Waals surface area contributed by atoms with Gasteiger partial charge < -0.3 is 34.7 Å². The second-order valence-electron chi connectivity index (χ2n) is 9.48. The molecule has 2 heterocycles. The van der Waals surface area contributed by atoms with E-state index in [0.717, 1.165) is 17.9 Å². The van der Waals surface area contributed by atoms with Gasteiger partial charge >= 0.3 is 5.97 Å². The van der Waals surface area contributed by atoms with E-state index in [1.807, 2.05) is 18.0 Å². The lowest BCUT2D eigenvalue weighted by Gasteiger charge is -2.16. The van der Waals surface area contributed by atoms with Gasteiger partial charge in [0.2, 0.25) is 17.4 Å². The molecule has 0 aliphatic carbocycles. The Labute approximate surface area is 250 Å². The van der Waals surface area contributed by atoms with Crippen LogP contribution < -0.4 is 19.9 Å². The third-order valence-corrected chi connectivity index (χ3v) is 6.38. The second kappa shape index (κ2) is 12.7. The van der Waals surface area contributed by atoms with Crippen molar-refractivity contribution in [1.82, 2.24) is 9.88 Å². The summed E-state index contributed by atoms with van der Waals surface area (Å²) >= 11 is 0. The number of carbonyl (C=O) groups is 1. The summed E-state index contributed by atoms with van der Waals surface area (Å²) < 4.78 is 53.7. The molecular weight excluding hydrogens is 576 g/mol. The zero-order chi connectivity index (χ0) is 31.4. The molecule has 1 aliphatic heterocycles. The van der Waals surface area contributed by atoms with Crippen molar-refractivity contribution < 1.29 is 37.6 Å². The van der Waals surface area contributed by atoms with E-state index in [4.69, 9.17) is 30.1 Å². The predicted octanol–water partition coefficient (Wildman–Crippen LogP) is 5.60. The zero-order valence-corrected chi connectivity index (χ0v) is 23.6. The van der Waals surface area contributed by atoms with Gasteiger partial charge in [-0.2, -0.15) is 13.8 Å². The van der Waals surface area contributed by atoms with E-state index in [1.54, 1.807) is 25.1 Å². The zero-order valence-electron chi connectivity index (χ0n) is 23.6. The number of aromatic hydroxyl groups is 1. The monoisotopic (exact) mass is 603 g/mol. The van der Waals surface area contributed by atoms with E-state index >= 15 is 8.78 Å². The first-order valence-corrected chi connectivity index (χ1v) is 13.4. The maximum atomic E-state index is 15.9. The van der Waals surface area contributed by atoms with Gasteiger partial charge in [0.15, 0.2) is 0 Å². The van der Waals surface area contributed by atoms with Crippen molar-refractivity contribution in [2.45, 2.75) is 6.92 Å². The first-order chi connectivity index (χ1) is 21.1. The highest BCUT2D eigenvalue weighted by Crippen LogP contribution is 2.40. The Kier molecular flexibility index (Phi) is 8.56. The molecule has 1 aromatic heterocycles. The number of ether oxygens (including phenoxy) is 4. The largest absolute Gasteiger partial charge is 0.507 e. The lowest BCUT2D eigenvalue weighted by Crippen LogP contribution is -2.23. The molecule has 5 rings (SSSR count). The molecule has 226 valence electrons. The summed E-state index contributed by atoms with van der Waals surface area (Å²) in [6.07, 6.45) is 0. The van der Waals surface area contributed by atoms with Crippen LogP contribution in [-0.4, -0.2) is 59.4 Å². The number of carbonyl (C=O) groups excluding carboxylic acids is 1. The van der Waals surface area contributed by atoms with Gasteiger partial charge in [0, 0.05) is 19.2 Å². The number of phenols is 1. The molecule has 44 heavy (non-hydrogen) atoms. The maximum Gasteiger partial charge on any atom is 0.338 e. The predicted molar refractivity (Wildman–Crippen MR) is 156 cm³/mol. The number of nitrogen functional groups attached to an aromatic ring is 1. The van der Waals surface area contributed by atoms with Crippen molar-refractivity contribution >= 4 is 17.6 Å². The average Bonchev–Trinajstić information content (AvgIpc) is 3.44. The van der Waals surface area contributed by atoms with Gasteiger partial charge in [0.25, 0.3) is 11.8 Å². The highest BCUT2D eigenvalue weighted by molar-refractivity contribution is 6.00. The molecule has 0 atom stereocenters. The van der Waals surface area contributed by atoms with E-state index in [2.05, 4.69) is 9.98 Å². The topological polar surface area (TPSA) is 153 Å². The molecule has 0 radical (unpaired) electrons. The minimum atomic E-state index is -1.33. The van der Waals surface area contributed by atoms with Gasteiger partial charge in [-0.3, -0.25) is 10.4 Å². The Hall–Kier alpha value is -5.72. The van der Waals surface area contributed by atoms with Crippen LogP contribution in [0.3, 0.4) is 0 Å². The van der Waals surface area contributed by atoms with Crippen LogP contribution in [0, 0.1) is 17.0 Å². The fraction of sp³-hybridized carbons (Fsp3) is 0.161. The Morgan fingerprint density at radius 1 is 0.977 bits per heavy atom.